The molecule has 1 fully saturated rings. The molecule has 0 aromatic rings. The van der Waals surface area contributed by atoms with Crippen molar-refractivity contribution in [3.8, 4) is 0 Å². The topological polar surface area (TPSA) is 15.3 Å². The summed E-state index contributed by atoms with van der Waals surface area (Å²) >= 11 is 0. The molecule has 1 atom stereocenters. The summed E-state index contributed by atoms with van der Waals surface area (Å²) < 4.78 is 0. The standard InChI is InChI=1S/C12H26N2/c1-9(2)12(8-13-10(3)4)14(5)11-6-7-11/h9-13H,6-8H2,1-5H3. The molecule has 1 aliphatic rings. The zero-order valence-corrected chi connectivity index (χ0v) is 10.4. The fourth-order valence-electron chi connectivity index (χ4n) is 1.96. The van der Waals surface area contributed by atoms with Gasteiger partial charge >= 0.3 is 0 Å². The Bertz CT molecular complexity index is 162. The van der Waals surface area contributed by atoms with E-state index in [1.54, 1.807) is 0 Å². The molecule has 0 amide bonds. The highest BCUT2D eigenvalue weighted by molar-refractivity contribution is 4.88. The fraction of sp³-hybridized carbons (Fsp3) is 1.00. The van der Waals surface area contributed by atoms with E-state index in [9.17, 15) is 0 Å². The van der Waals surface area contributed by atoms with Crippen molar-refractivity contribution in [2.24, 2.45) is 5.92 Å². The first-order valence-electron chi connectivity index (χ1n) is 5.97. The Morgan fingerprint density at radius 1 is 1.21 bits per heavy atom. The summed E-state index contributed by atoms with van der Waals surface area (Å²) in [7, 11) is 2.28. The molecule has 2 heteroatoms. The number of hydrogen-bond acceptors (Lipinski definition) is 2. The molecule has 14 heavy (non-hydrogen) atoms. The number of likely N-dealkylation sites (N-methyl/N-ethyl adjacent to an activating group) is 1. The third-order valence-corrected chi connectivity index (χ3v) is 3.15. The highest BCUT2D eigenvalue weighted by Gasteiger charge is 2.32. The third-order valence-electron chi connectivity index (χ3n) is 3.15. The van der Waals surface area contributed by atoms with Gasteiger partial charge in [-0.15, -0.1) is 0 Å². The molecule has 0 heterocycles. The van der Waals surface area contributed by atoms with Crippen LogP contribution in [-0.2, 0) is 0 Å². The first-order valence-corrected chi connectivity index (χ1v) is 5.97. The van der Waals surface area contributed by atoms with Crippen LogP contribution in [0.5, 0.6) is 0 Å². The Hall–Kier alpha value is -0.0800. The molecule has 1 rings (SSSR count). The molecule has 0 aliphatic heterocycles. The summed E-state index contributed by atoms with van der Waals surface area (Å²) in [4.78, 5) is 2.57. The maximum absolute atomic E-state index is 3.55. The minimum absolute atomic E-state index is 0.601. The van der Waals surface area contributed by atoms with Crippen molar-refractivity contribution in [2.75, 3.05) is 13.6 Å². The number of nitrogens with zero attached hydrogens (tertiary/aromatic N) is 1. The van der Waals surface area contributed by atoms with Gasteiger partial charge in [0.15, 0.2) is 0 Å². The van der Waals surface area contributed by atoms with Crippen LogP contribution in [0, 0.1) is 5.92 Å². The van der Waals surface area contributed by atoms with Gasteiger partial charge in [-0.05, 0) is 25.8 Å². The molecule has 1 N–H and O–H groups in total. The van der Waals surface area contributed by atoms with E-state index in [2.05, 4.69) is 45.0 Å². The molecule has 0 aromatic carbocycles. The Balaban J connectivity index is 2.37. The summed E-state index contributed by atoms with van der Waals surface area (Å²) in [5.74, 6) is 0.742. The van der Waals surface area contributed by atoms with Gasteiger partial charge in [0.2, 0.25) is 0 Å². The maximum Gasteiger partial charge on any atom is 0.0243 e. The van der Waals surface area contributed by atoms with E-state index in [1.807, 2.05) is 0 Å². The van der Waals surface area contributed by atoms with Gasteiger partial charge in [-0.25, -0.2) is 0 Å². The lowest BCUT2D eigenvalue weighted by Crippen LogP contribution is -2.46. The molecule has 0 bridgehead atoms. The molecule has 0 spiro atoms. The van der Waals surface area contributed by atoms with Crippen molar-refractivity contribution in [1.29, 1.82) is 0 Å². The normalized spacial score (nSPS) is 19.7. The van der Waals surface area contributed by atoms with Gasteiger partial charge in [-0.2, -0.15) is 0 Å². The second-order valence-electron chi connectivity index (χ2n) is 5.27. The van der Waals surface area contributed by atoms with E-state index in [0.717, 1.165) is 18.5 Å². The molecular formula is C12H26N2. The summed E-state index contributed by atoms with van der Waals surface area (Å²) in [6, 6.07) is 2.17. The van der Waals surface area contributed by atoms with Crippen molar-refractivity contribution in [3.05, 3.63) is 0 Å². The van der Waals surface area contributed by atoms with Crippen LogP contribution < -0.4 is 5.32 Å². The maximum atomic E-state index is 3.55. The van der Waals surface area contributed by atoms with Crippen LogP contribution in [0.15, 0.2) is 0 Å². The first kappa shape index (κ1) is 12.0. The van der Waals surface area contributed by atoms with Gasteiger partial charge in [0, 0.05) is 24.7 Å². The molecule has 2 nitrogen and oxygen atoms in total. The molecule has 0 aromatic heterocycles. The molecule has 0 saturated heterocycles. The van der Waals surface area contributed by atoms with Crippen LogP contribution in [0.2, 0.25) is 0 Å². The van der Waals surface area contributed by atoms with E-state index < -0.39 is 0 Å². The van der Waals surface area contributed by atoms with Gasteiger partial charge in [0.1, 0.15) is 0 Å². The Morgan fingerprint density at radius 2 is 1.79 bits per heavy atom. The third kappa shape index (κ3) is 3.58. The minimum atomic E-state index is 0.601. The molecule has 0 radical (unpaired) electrons. The van der Waals surface area contributed by atoms with Crippen LogP contribution in [0.1, 0.15) is 40.5 Å². The lowest BCUT2D eigenvalue weighted by molar-refractivity contribution is 0.176. The molecule has 1 aliphatic carbocycles. The van der Waals surface area contributed by atoms with Crippen molar-refractivity contribution in [3.63, 3.8) is 0 Å². The monoisotopic (exact) mass is 198 g/mol. The highest BCUT2D eigenvalue weighted by atomic mass is 15.2. The van der Waals surface area contributed by atoms with E-state index in [4.69, 9.17) is 0 Å². The average Bonchev–Trinajstić information content (AvgIpc) is 2.84. The predicted molar refractivity (Wildman–Crippen MR) is 62.5 cm³/mol. The summed E-state index contributed by atoms with van der Waals surface area (Å²) in [6.07, 6.45) is 2.81. The lowest BCUT2D eigenvalue weighted by Gasteiger charge is -2.32. The summed E-state index contributed by atoms with van der Waals surface area (Å²) in [5.41, 5.74) is 0. The van der Waals surface area contributed by atoms with Gasteiger partial charge in [0.05, 0.1) is 0 Å². The van der Waals surface area contributed by atoms with E-state index in [1.165, 1.54) is 12.8 Å². The Morgan fingerprint density at radius 3 is 2.14 bits per heavy atom. The van der Waals surface area contributed by atoms with Crippen molar-refractivity contribution in [1.82, 2.24) is 10.2 Å². The van der Waals surface area contributed by atoms with Crippen LogP contribution in [0.4, 0.5) is 0 Å². The largest absolute Gasteiger partial charge is 0.313 e. The average molecular weight is 198 g/mol. The quantitative estimate of drug-likeness (QED) is 0.703. The SMILES string of the molecule is CC(C)NCC(C(C)C)N(C)C1CC1. The molecule has 1 unspecified atom stereocenters. The Labute approximate surface area is 89.1 Å². The number of hydrogen-bond donors (Lipinski definition) is 1. The van der Waals surface area contributed by atoms with E-state index in [-0.39, 0.29) is 0 Å². The van der Waals surface area contributed by atoms with Crippen LogP contribution in [0.25, 0.3) is 0 Å². The van der Waals surface area contributed by atoms with Crippen LogP contribution >= 0.6 is 0 Å². The second-order valence-corrected chi connectivity index (χ2v) is 5.27. The molecular weight excluding hydrogens is 172 g/mol. The predicted octanol–water partition coefficient (Wildman–Crippen LogP) is 2.10. The highest BCUT2D eigenvalue weighted by Crippen LogP contribution is 2.28. The molecule has 1 saturated carbocycles. The smallest absolute Gasteiger partial charge is 0.0243 e. The van der Waals surface area contributed by atoms with Crippen LogP contribution in [0.3, 0.4) is 0 Å². The molecule has 84 valence electrons. The summed E-state index contributed by atoms with van der Waals surface area (Å²) in [5, 5.41) is 3.55. The van der Waals surface area contributed by atoms with Crippen LogP contribution in [-0.4, -0.2) is 36.6 Å². The van der Waals surface area contributed by atoms with E-state index >= 15 is 0 Å². The fourth-order valence-corrected chi connectivity index (χ4v) is 1.96. The van der Waals surface area contributed by atoms with E-state index in [0.29, 0.717) is 12.1 Å². The number of rotatable bonds is 6. The van der Waals surface area contributed by atoms with Gasteiger partial charge in [0.25, 0.3) is 0 Å². The minimum Gasteiger partial charge on any atom is -0.313 e. The second kappa shape index (κ2) is 5.13. The Kier molecular flexibility index (Phi) is 4.39. The first-order chi connectivity index (χ1) is 6.52. The van der Waals surface area contributed by atoms with Gasteiger partial charge in [-0.3, -0.25) is 4.90 Å². The summed E-state index contributed by atoms with van der Waals surface area (Å²) in [6.45, 7) is 10.2. The van der Waals surface area contributed by atoms with Gasteiger partial charge in [-0.1, -0.05) is 27.7 Å². The van der Waals surface area contributed by atoms with Crippen molar-refractivity contribution < 1.29 is 0 Å². The van der Waals surface area contributed by atoms with Crippen molar-refractivity contribution >= 4 is 0 Å². The van der Waals surface area contributed by atoms with Crippen molar-refractivity contribution in [2.45, 2.75) is 58.7 Å². The zero-order valence-electron chi connectivity index (χ0n) is 10.4. The number of nitrogens with one attached hydrogen (secondary N) is 1. The zero-order chi connectivity index (χ0) is 10.7. The van der Waals surface area contributed by atoms with Gasteiger partial charge < -0.3 is 5.32 Å². The lowest BCUT2D eigenvalue weighted by atomic mass is 10.0.